The van der Waals surface area contributed by atoms with Gasteiger partial charge in [0.1, 0.15) is 17.7 Å². The molecule has 11 heteroatoms. The Morgan fingerprint density at radius 2 is 1.97 bits per heavy atom. The number of benzene rings is 2. The summed E-state index contributed by atoms with van der Waals surface area (Å²) in [7, 11) is 0. The topological polar surface area (TPSA) is 112 Å². The van der Waals surface area contributed by atoms with Crippen LogP contribution in [0.2, 0.25) is 0 Å². The van der Waals surface area contributed by atoms with Crippen LogP contribution >= 0.6 is 0 Å². The Morgan fingerprint density at radius 1 is 1.24 bits per heavy atom. The highest BCUT2D eigenvalue weighted by molar-refractivity contribution is 5.90. The third kappa shape index (κ3) is 5.54. The molecule has 2 amide bonds. The number of anilines is 1. The van der Waals surface area contributed by atoms with E-state index in [-0.39, 0.29) is 30.2 Å². The first-order valence-electron chi connectivity index (χ1n) is 10.8. The number of carbonyl (C=O) groups excluding carboxylic acids is 2. The zero-order valence-electron chi connectivity index (χ0n) is 18.5. The Balaban J connectivity index is 1.39. The molecule has 2 aromatic carbocycles. The predicted octanol–water partition coefficient (Wildman–Crippen LogP) is 2.54. The Kier molecular flexibility index (Phi) is 7.12. The second-order valence-electron chi connectivity index (χ2n) is 7.92. The molecule has 2 heterocycles. The summed E-state index contributed by atoms with van der Waals surface area (Å²) in [6, 6.07) is 9.14. The number of nitrogens with zero attached hydrogens (tertiary/aromatic N) is 3. The molecule has 3 N–H and O–H groups in total. The van der Waals surface area contributed by atoms with Gasteiger partial charge in [-0.15, -0.1) is 0 Å². The van der Waals surface area contributed by atoms with Crippen molar-refractivity contribution in [1.82, 2.24) is 26.0 Å². The van der Waals surface area contributed by atoms with Gasteiger partial charge in [-0.3, -0.25) is 9.69 Å². The van der Waals surface area contributed by atoms with Gasteiger partial charge < -0.3 is 15.4 Å². The predicted molar refractivity (Wildman–Crippen MR) is 120 cm³/mol. The van der Waals surface area contributed by atoms with Crippen LogP contribution < -0.4 is 15.5 Å². The number of hydrogen-bond acceptors (Lipinski definition) is 6. The molecule has 0 unspecified atom stereocenters. The number of H-pyrrole nitrogens is 1. The molecule has 1 aliphatic heterocycles. The van der Waals surface area contributed by atoms with Crippen LogP contribution in [-0.4, -0.2) is 53.1 Å². The summed E-state index contributed by atoms with van der Waals surface area (Å²) in [5, 5.41) is 16.1. The maximum atomic E-state index is 14.9. The number of carbonyl (C=O) groups is 2. The summed E-state index contributed by atoms with van der Waals surface area (Å²) < 4.78 is 35.0. The van der Waals surface area contributed by atoms with E-state index in [0.29, 0.717) is 18.7 Å². The van der Waals surface area contributed by atoms with Gasteiger partial charge >= 0.3 is 6.09 Å². The minimum absolute atomic E-state index is 0.0574. The number of amides is 2. The molecule has 34 heavy (non-hydrogen) atoms. The van der Waals surface area contributed by atoms with Crippen molar-refractivity contribution in [3.63, 3.8) is 0 Å². The zero-order chi connectivity index (χ0) is 24.1. The molecule has 1 saturated heterocycles. The fourth-order valence-electron chi connectivity index (χ4n) is 3.67. The molecule has 4 rings (SSSR count). The molecule has 0 radical (unpaired) electrons. The normalized spacial score (nSPS) is 15.4. The van der Waals surface area contributed by atoms with Crippen LogP contribution in [0.4, 0.5) is 19.3 Å². The average molecular weight is 470 g/mol. The number of hydrogen-bond donors (Lipinski definition) is 3. The van der Waals surface area contributed by atoms with Crippen LogP contribution in [0.25, 0.3) is 11.1 Å². The second kappa shape index (κ2) is 10.4. The van der Waals surface area contributed by atoms with Gasteiger partial charge in [0.05, 0.1) is 36.2 Å². The van der Waals surface area contributed by atoms with Crippen LogP contribution in [0.5, 0.6) is 0 Å². The summed E-state index contributed by atoms with van der Waals surface area (Å²) in [6.45, 7) is 2.86. The number of halogens is 2. The highest BCUT2D eigenvalue weighted by Crippen LogP contribution is 2.32. The van der Waals surface area contributed by atoms with Gasteiger partial charge in [-0.25, -0.2) is 13.6 Å². The average Bonchev–Trinajstić information content (AvgIpc) is 3.45. The molecule has 0 saturated carbocycles. The molecule has 9 nitrogen and oxygen atoms in total. The molecule has 1 atom stereocenters. The Hall–Kier alpha value is -3.86. The fraction of sp³-hybridized carbons (Fsp3) is 0.304. The smallest absolute Gasteiger partial charge is 0.414 e. The van der Waals surface area contributed by atoms with E-state index in [1.165, 1.54) is 6.92 Å². The number of nitrogens with one attached hydrogen (secondary N) is 3. The molecule has 3 aromatic rings. The molecular formula is C23H24F2N6O3. The molecule has 1 fully saturated rings. The van der Waals surface area contributed by atoms with Crippen molar-refractivity contribution in [2.45, 2.75) is 26.0 Å². The third-order valence-corrected chi connectivity index (χ3v) is 5.39. The number of rotatable bonds is 9. The first-order valence-corrected chi connectivity index (χ1v) is 10.8. The van der Waals surface area contributed by atoms with Gasteiger partial charge in [-0.2, -0.15) is 15.4 Å². The fourth-order valence-corrected chi connectivity index (χ4v) is 3.67. The minimum Gasteiger partial charge on any atom is -0.442 e. The van der Waals surface area contributed by atoms with Crippen LogP contribution in [0.1, 0.15) is 18.2 Å². The molecule has 0 aliphatic carbocycles. The van der Waals surface area contributed by atoms with E-state index in [4.69, 9.17) is 4.74 Å². The maximum Gasteiger partial charge on any atom is 0.414 e. The SMILES string of the molecule is CC(=O)NC[C@H]1CN(c2cc(F)c(-c3ccc(CNCCc4cn[nH]n4)cc3)c(F)c2)C(=O)O1. The van der Waals surface area contributed by atoms with Gasteiger partial charge in [-0.1, -0.05) is 24.3 Å². The van der Waals surface area contributed by atoms with Crippen LogP contribution in [0, 0.1) is 11.6 Å². The number of aromatic nitrogens is 3. The van der Waals surface area contributed by atoms with E-state index < -0.39 is 23.8 Å². The second-order valence-corrected chi connectivity index (χ2v) is 7.92. The van der Waals surface area contributed by atoms with E-state index >= 15 is 0 Å². The molecule has 0 spiro atoms. The number of aromatic amines is 1. The van der Waals surface area contributed by atoms with Crippen LogP contribution in [0.3, 0.4) is 0 Å². The Bertz CT molecular complexity index is 1130. The summed E-state index contributed by atoms with van der Waals surface area (Å²) >= 11 is 0. The molecule has 1 aliphatic rings. The summed E-state index contributed by atoms with van der Waals surface area (Å²) in [6.07, 6.45) is 1.08. The summed E-state index contributed by atoms with van der Waals surface area (Å²) in [4.78, 5) is 24.4. The van der Waals surface area contributed by atoms with E-state index in [0.717, 1.165) is 34.7 Å². The summed E-state index contributed by atoms with van der Waals surface area (Å²) in [5.41, 5.74) is 2.10. The molecule has 0 bridgehead atoms. The number of cyclic esters (lactones) is 1. The lowest BCUT2D eigenvalue weighted by Crippen LogP contribution is -2.33. The van der Waals surface area contributed by atoms with Gasteiger partial charge in [-0.05, 0) is 23.3 Å². The van der Waals surface area contributed by atoms with E-state index in [2.05, 4.69) is 26.0 Å². The monoisotopic (exact) mass is 470 g/mol. The first kappa shape index (κ1) is 23.3. The van der Waals surface area contributed by atoms with Crippen molar-refractivity contribution < 1.29 is 23.1 Å². The third-order valence-electron chi connectivity index (χ3n) is 5.39. The van der Waals surface area contributed by atoms with Gasteiger partial charge in [0.15, 0.2) is 0 Å². The standard InChI is InChI=1S/C23H24F2N6O3/c1-14(32)27-12-19-13-31(23(33)34-19)18-8-20(24)22(21(25)9-18)16-4-2-15(3-5-16)10-26-7-6-17-11-28-30-29-17/h2-5,8-9,11,19,26H,6-7,10,12-13H2,1H3,(H,27,32)(H,28,29,30)/t19-/m0/s1. The van der Waals surface area contributed by atoms with Crippen molar-refractivity contribution in [2.75, 3.05) is 24.5 Å². The van der Waals surface area contributed by atoms with Crippen molar-refractivity contribution in [3.05, 3.63) is 65.5 Å². The molecule has 178 valence electrons. The lowest BCUT2D eigenvalue weighted by atomic mass is 10.0. The minimum atomic E-state index is -0.786. The van der Waals surface area contributed by atoms with Crippen LogP contribution in [0.15, 0.2) is 42.6 Å². The highest BCUT2D eigenvalue weighted by Gasteiger charge is 2.33. The first-order chi connectivity index (χ1) is 16.4. The van der Waals surface area contributed by atoms with Gasteiger partial charge in [0.25, 0.3) is 0 Å². The Morgan fingerprint density at radius 3 is 2.62 bits per heavy atom. The van der Waals surface area contributed by atoms with Crippen molar-refractivity contribution in [2.24, 2.45) is 0 Å². The van der Waals surface area contributed by atoms with E-state index in [1.54, 1.807) is 30.5 Å². The van der Waals surface area contributed by atoms with Gasteiger partial charge in [0, 0.05) is 26.4 Å². The summed E-state index contributed by atoms with van der Waals surface area (Å²) in [5.74, 6) is -1.83. The molecule has 1 aromatic heterocycles. The highest BCUT2D eigenvalue weighted by atomic mass is 19.1. The maximum absolute atomic E-state index is 14.9. The van der Waals surface area contributed by atoms with Gasteiger partial charge in [0.2, 0.25) is 5.91 Å². The number of ether oxygens (including phenoxy) is 1. The quantitative estimate of drug-likeness (QED) is 0.415. The van der Waals surface area contributed by atoms with Crippen molar-refractivity contribution >= 4 is 17.7 Å². The lowest BCUT2D eigenvalue weighted by molar-refractivity contribution is -0.119. The zero-order valence-corrected chi connectivity index (χ0v) is 18.5. The van der Waals surface area contributed by atoms with Crippen molar-refractivity contribution in [3.8, 4) is 11.1 Å². The molecular weight excluding hydrogens is 446 g/mol. The van der Waals surface area contributed by atoms with E-state index in [1.807, 2.05) is 0 Å². The van der Waals surface area contributed by atoms with E-state index in [9.17, 15) is 18.4 Å². The van der Waals surface area contributed by atoms with Crippen molar-refractivity contribution in [1.29, 1.82) is 0 Å². The largest absolute Gasteiger partial charge is 0.442 e. The van der Waals surface area contributed by atoms with Crippen LogP contribution in [-0.2, 0) is 22.5 Å². The Labute approximate surface area is 194 Å². The lowest BCUT2D eigenvalue weighted by Gasteiger charge is -2.15.